The minimum absolute atomic E-state index is 0.166. The Morgan fingerprint density at radius 2 is 1.88 bits per heavy atom. The molecule has 0 bridgehead atoms. The third kappa shape index (κ3) is 3.21. The SMILES string of the molecule is CCC1C(=O)N(C)c2cnc(-n3ccnc3-c3ccc(F)cc3)nc2N1C1CC(F)(F)C1. The number of aromatic nitrogens is 4. The first-order valence-electron chi connectivity index (χ1n) is 10.4. The molecule has 0 radical (unpaired) electrons. The number of benzene rings is 1. The van der Waals surface area contributed by atoms with Crippen molar-refractivity contribution in [2.45, 2.75) is 44.2 Å². The van der Waals surface area contributed by atoms with E-state index in [0.717, 1.165) is 0 Å². The normalized spacial score (nSPS) is 20.3. The van der Waals surface area contributed by atoms with Crippen LogP contribution in [0.15, 0.2) is 42.9 Å². The fourth-order valence-corrected chi connectivity index (χ4v) is 4.41. The van der Waals surface area contributed by atoms with Gasteiger partial charge in [-0.05, 0) is 30.7 Å². The van der Waals surface area contributed by atoms with Crippen LogP contribution in [0.25, 0.3) is 17.3 Å². The van der Waals surface area contributed by atoms with Crippen molar-refractivity contribution in [3.63, 3.8) is 0 Å². The average Bonchev–Trinajstić information content (AvgIpc) is 3.24. The highest BCUT2D eigenvalue weighted by atomic mass is 19.3. The molecule has 0 N–H and O–H groups in total. The van der Waals surface area contributed by atoms with E-state index in [4.69, 9.17) is 4.98 Å². The molecule has 2 aliphatic rings. The Morgan fingerprint density at radius 1 is 1.16 bits per heavy atom. The van der Waals surface area contributed by atoms with E-state index in [1.54, 1.807) is 41.0 Å². The number of likely N-dealkylation sites (N-methyl/N-ethyl adjacent to an activating group) is 1. The molecule has 5 rings (SSSR count). The van der Waals surface area contributed by atoms with Crippen molar-refractivity contribution in [3.05, 3.63) is 48.7 Å². The Kier molecular flexibility index (Phi) is 4.68. The van der Waals surface area contributed by atoms with E-state index in [1.807, 2.05) is 6.92 Å². The highest BCUT2D eigenvalue weighted by Gasteiger charge is 2.52. The van der Waals surface area contributed by atoms with Crippen molar-refractivity contribution in [1.29, 1.82) is 0 Å². The van der Waals surface area contributed by atoms with E-state index in [0.29, 0.717) is 29.3 Å². The Labute approximate surface area is 182 Å². The van der Waals surface area contributed by atoms with Gasteiger partial charge >= 0.3 is 0 Å². The van der Waals surface area contributed by atoms with Crippen molar-refractivity contribution < 1.29 is 18.0 Å². The monoisotopic (exact) mass is 442 g/mol. The molecule has 1 aliphatic carbocycles. The number of anilines is 2. The predicted molar refractivity (Wildman–Crippen MR) is 112 cm³/mol. The molecule has 1 aromatic carbocycles. The average molecular weight is 442 g/mol. The van der Waals surface area contributed by atoms with Gasteiger partial charge in [-0.3, -0.25) is 9.36 Å². The molecule has 32 heavy (non-hydrogen) atoms. The minimum atomic E-state index is -2.73. The first-order valence-corrected chi connectivity index (χ1v) is 10.4. The van der Waals surface area contributed by atoms with E-state index in [9.17, 15) is 18.0 Å². The maximum Gasteiger partial charge on any atom is 0.252 e. The molecular weight excluding hydrogens is 421 g/mol. The molecule has 0 spiro atoms. The molecule has 10 heteroatoms. The summed E-state index contributed by atoms with van der Waals surface area (Å²) in [4.78, 5) is 29.6. The predicted octanol–water partition coefficient (Wildman–Crippen LogP) is 3.83. The number of amides is 1. The van der Waals surface area contributed by atoms with Crippen molar-refractivity contribution >= 4 is 17.4 Å². The number of fused-ring (bicyclic) bond motifs is 1. The quantitative estimate of drug-likeness (QED) is 0.615. The Morgan fingerprint density at radius 3 is 2.53 bits per heavy atom. The van der Waals surface area contributed by atoms with E-state index in [1.165, 1.54) is 23.2 Å². The molecule has 166 valence electrons. The number of imidazole rings is 1. The topological polar surface area (TPSA) is 67.2 Å². The minimum Gasteiger partial charge on any atom is -0.339 e. The van der Waals surface area contributed by atoms with Crippen LogP contribution in [0, 0.1) is 5.82 Å². The molecule has 1 fully saturated rings. The maximum atomic E-state index is 13.7. The maximum absolute atomic E-state index is 13.7. The molecule has 1 aliphatic heterocycles. The Balaban J connectivity index is 1.60. The molecule has 1 atom stereocenters. The molecule has 3 heterocycles. The Hall–Kier alpha value is -3.43. The standard InChI is InChI=1S/C22H21F3N6O/c1-3-16-20(32)29(2)17-12-27-21(28-19(17)31(16)15-10-22(24,25)11-15)30-9-8-26-18(30)13-4-6-14(23)7-5-13/h4-9,12,15-16H,3,10-11H2,1-2H3. The van der Waals surface area contributed by atoms with Gasteiger partial charge in [0.15, 0.2) is 5.82 Å². The summed E-state index contributed by atoms with van der Waals surface area (Å²) in [5.74, 6) is -2.01. The summed E-state index contributed by atoms with van der Waals surface area (Å²) >= 11 is 0. The van der Waals surface area contributed by atoms with Gasteiger partial charge in [-0.25, -0.2) is 23.1 Å². The summed E-state index contributed by atoms with van der Waals surface area (Å²) in [6.07, 6.45) is 4.62. The van der Waals surface area contributed by atoms with Gasteiger partial charge in [-0.1, -0.05) is 6.92 Å². The smallest absolute Gasteiger partial charge is 0.252 e. The van der Waals surface area contributed by atoms with Gasteiger partial charge in [0.25, 0.3) is 5.92 Å². The number of halogens is 3. The lowest BCUT2D eigenvalue weighted by Crippen LogP contribution is -2.61. The molecular formula is C22H21F3N6O. The number of carbonyl (C=O) groups excluding carboxylic acids is 1. The van der Waals surface area contributed by atoms with E-state index >= 15 is 0 Å². The molecule has 7 nitrogen and oxygen atoms in total. The summed E-state index contributed by atoms with van der Waals surface area (Å²) in [5.41, 5.74) is 1.15. The number of hydrogen-bond acceptors (Lipinski definition) is 5. The molecule has 1 unspecified atom stereocenters. The van der Waals surface area contributed by atoms with Crippen LogP contribution in [-0.4, -0.2) is 50.5 Å². The van der Waals surface area contributed by atoms with Gasteiger partial charge < -0.3 is 9.80 Å². The number of hydrogen-bond donors (Lipinski definition) is 0. The zero-order valence-electron chi connectivity index (χ0n) is 17.5. The van der Waals surface area contributed by atoms with E-state index in [-0.39, 0.29) is 30.5 Å². The number of alkyl halides is 2. The highest BCUT2D eigenvalue weighted by Crippen LogP contribution is 2.46. The molecule has 2 aromatic heterocycles. The van der Waals surface area contributed by atoms with Gasteiger partial charge in [0.2, 0.25) is 11.9 Å². The number of nitrogens with zero attached hydrogens (tertiary/aromatic N) is 6. The number of carbonyl (C=O) groups is 1. The van der Waals surface area contributed by atoms with Crippen LogP contribution in [-0.2, 0) is 4.79 Å². The van der Waals surface area contributed by atoms with Crippen molar-refractivity contribution in [1.82, 2.24) is 19.5 Å². The van der Waals surface area contributed by atoms with Gasteiger partial charge in [-0.2, -0.15) is 4.98 Å². The number of rotatable bonds is 4. The van der Waals surface area contributed by atoms with Crippen LogP contribution in [0.3, 0.4) is 0 Å². The fraction of sp³-hybridized carbons (Fsp3) is 0.364. The zero-order valence-corrected chi connectivity index (χ0v) is 17.5. The van der Waals surface area contributed by atoms with Crippen LogP contribution in [0.5, 0.6) is 0 Å². The highest BCUT2D eigenvalue weighted by molar-refractivity contribution is 6.04. The fourth-order valence-electron chi connectivity index (χ4n) is 4.41. The van der Waals surface area contributed by atoms with Gasteiger partial charge in [-0.15, -0.1) is 0 Å². The van der Waals surface area contributed by atoms with Crippen molar-refractivity contribution in [2.24, 2.45) is 0 Å². The van der Waals surface area contributed by atoms with Crippen LogP contribution in [0.4, 0.5) is 24.7 Å². The second-order valence-corrected chi connectivity index (χ2v) is 8.15. The second-order valence-electron chi connectivity index (χ2n) is 8.15. The van der Waals surface area contributed by atoms with Crippen LogP contribution < -0.4 is 9.80 Å². The first-order chi connectivity index (χ1) is 15.3. The van der Waals surface area contributed by atoms with Gasteiger partial charge in [0.1, 0.15) is 23.4 Å². The van der Waals surface area contributed by atoms with Crippen LogP contribution in [0.2, 0.25) is 0 Å². The summed E-state index contributed by atoms with van der Waals surface area (Å²) in [5, 5.41) is 0. The lowest BCUT2D eigenvalue weighted by atomic mass is 9.85. The van der Waals surface area contributed by atoms with Gasteiger partial charge in [0, 0.05) is 43.9 Å². The third-order valence-electron chi connectivity index (χ3n) is 6.10. The van der Waals surface area contributed by atoms with Crippen LogP contribution >= 0.6 is 0 Å². The van der Waals surface area contributed by atoms with Gasteiger partial charge in [0.05, 0.1) is 6.20 Å². The van der Waals surface area contributed by atoms with E-state index < -0.39 is 18.0 Å². The lowest BCUT2D eigenvalue weighted by Gasteiger charge is -2.49. The Bertz CT molecular complexity index is 1170. The third-order valence-corrected chi connectivity index (χ3v) is 6.10. The molecule has 3 aromatic rings. The molecule has 0 saturated heterocycles. The molecule has 1 saturated carbocycles. The zero-order chi connectivity index (χ0) is 22.6. The van der Waals surface area contributed by atoms with Crippen molar-refractivity contribution in [3.8, 4) is 17.3 Å². The van der Waals surface area contributed by atoms with Crippen molar-refractivity contribution in [2.75, 3.05) is 16.8 Å². The molecule has 1 amide bonds. The van der Waals surface area contributed by atoms with E-state index in [2.05, 4.69) is 9.97 Å². The largest absolute Gasteiger partial charge is 0.339 e. The summed E-state index contributed by atoms with van der Waals surface area (Å²) < 4.78 is 42.4. The lowest BCUT2D eigenvalue weighted by molar-refractivity contribution is -0.122. The summed E-state index contributed by atoms with van der Waals surface area (Å²) in [7, 11) is 1.64. The first kappa shape index (κ1) is 20.5. The summed E-state index contributed by atoms with van der Waals surface area (Å²) in [6.45, 7) is 1.86. The second kappa shape index (κ2) is 7.32. The van der Waals surface area contributed by atoms with Crippen LogP contribution in [0.1, 0.15) is 26.2 Å². The summed E-state index contributed by atoms with van der Waals surface area (Å²) in [6, 6.07) is 4.84.